The van der Waals surface area contributed by atoms with Gasteiger partial charge >= 0.3 is 0 Å². The molecule has 1 atom stereocenters. The maximum Gasteiger partial charge on any atom is 0.157 e. The third-order valence-electron chi connectivity index (χ3n) is 3.01. The van der Waals surface area contributed by atoms with Gasteiger partial charge < -0.3 is 4.74 Å². The van der Waals surface area contributed by atoms with E-state index in [0.29, 0.717) is 6.61 Å². The number of benzene rings is 1. The van der Waals surface area contributed by atoms with Crippen LogP contribution in [-0.4, -0.2) is 21.6 Å². The molecule has 0 spiro atoms. The molecule has 2 rings (SSSR count). The maximum absolute atomic E-state index is 6.18. The minimum atomic E-state index is -0.130. The molecule has 0 amide bonds. The molecule has 0 aliphatic heterocycles. The van der Waals surface area contributed by atoms with Gasteiger partial charge in [0, 0.05) is 5.41 Å². The quantitative estimate of drug-likeness (QED) is 0.848. The first-order valence-corrected chi connectivity index (χ1v) is 7.10. The molecular formula is C16H25N3O. The summed E-state index contributed by atoms with van der Waals surface area (Å²) in [6.45, 7) is 13.7. The second-order valence-corrected chi connectivity index (χ2v) is 7.61. The normalized spacial score (nSPS) is 14.7. The van der Waals surface area contributed by atoms with Crippen molar-refractivity contribution >= 4 is 11.0 Å². The van der Waals surface area contributed by atoms with Gasteiger partial charge in [0.15, 0.2) is 6.23 Å². The van der Waals surface area contributed by atoms with Gasteiger partial charge in [0.2, 0.25) is 0 Å². The molecule has 4 heteroatoms. The van der Waals surface area contributed by atoms with E-state index in [-0.39, 0.29) is 17.1 Å². The molecule has 0 bridgehead atoms. The van der Waals surface area contributed by atoms with Gasteiger partial charge in [0.1, 0.15) is 5.52 Å². The Morgan fingerprint density at radius 3 is 2.35 bits per heavy atom. The zero-order valence-corrected chi connectivity index (χ0v) is 13.3. The van der Waals surface area contributed by atoms with Crippen LogP contribution in [0.2, 0.25) is 0 Å². The summed E-state index contributed by atoms with van der Waals surface area (Å²) in [5, 5.41) is 8.53. The molecule has 20 heavy (non-hydrogen) atoms. The lowest BCUT2D eigenvalue weighted by Gasteiger charge is -2.33. The number of aromatic nitrogens is 3. The Labute approximate surface area is 121 Å². The Balaban J connectivity index is 2.36. The Morgan fingerprint density at radius 1 is 1.10 bits per heavy atom. The summed E-state index contributed by atoms with van der Waals surface area (Å²) in [7, 11) is 0. The van der Waals surface area contributed by atoms with Gasteiger partial charge in [-0.15, -0.1) is 5.10 Å². The third kappa shape index (κ3) is 3.37. The molecule has 0 N–H and O–H groups in total. The van der Waals surface area contributed by atoms with E-state index in [4.69, 9.17) is 4.74 Å². The smallest absolute Gasteiger partial charge is 0.157 e. The van der Waals surface area contributed by atoms with E-state index in [1.54, 1.807) is 0 Å². The highest BCUT2D eigenvalue weighted by Crippen LogP contribution is 2.34. The fourth-order valence-electron chi connectivity index (χ4n) is 2.08. The average molecular weight is 275 g/mol. The van der Waals surface area contributed by atoms with Crippen LogP contribution in [0.5, 0.6) is 0 Å². The van der Waals surface area contributed by atoms with Gasteiger partial charge in [-0.05, 0) is 17.5 Å². The molecule has 0 saturated heterocycles. The third-order valence-corrected chi connectivity index (χ3v) is 3.01. The molecule has 0 aliphatic carbocycles. The number of hydrogen-bond donors (Lipinski definition) is 0. The summed E-state index contributed by atoms with van der Waals surface area (Å²) in [6.07, 6.45) is -0.130. The van der Waals surface area contributed by atoms with Crippen LogP contribution in [0.1, 0.15) is 47.8 Å². The van der Waals surface area contributed by atoms with E-state index in [1.807, 2.05) is 28.9 Å². The van der Waals surface area contributed by atoms with Crippen LogP contribution in [0, 0.1) is 10.8 Å². The summed E-state index contributed by atoms with van der Waals surface area (Å²) in [5.41, 5.74) is 1.99. The molecular weight excluding hydrogens is 250 g/mol. The lowest BCUT2D eigenvalue weighted by atomic mass is 9.93. The Morgan fingerprint density at radius 2 is 1.75 bits per heavy atom. The van der Waals surface area contributed by atoms with Crippen molar-refractivity contribution < 1.29 is 4.74 Å². The van der Waals surface area contributed by atoms with Crippen LogP contribution in [0.15, 0.2) is 24.3 Å². The first kappa shape index (κ1) is 15.0. The fourth-order valence-corrected chi connectivity index (χ4v) is 2.08. The molecule has 2 aromatic rings. The van der Waals surface area contributed by atoms with Gasteiger partial charge in [0.25, 0.3) is 0 Å². The minimum absolute atomic E-state index is 0.0538. The largest absolute Gasteiger partial charge is 0.355 e. The van der Waals surface area contributed by atoms with Gasteiger partial charge in [-0.3, -0.25) is 0 Å². The number of para-hydroxylation sites is 1. The molecule has 0 saturated carbocycles. The lowest BCUT2D eigenvalue weighted by Crippen LogP contribution is -2.31. The number of ether oxygens (including phenoxy) is 1. The molecule has 1 aromatic heterocycles. The maximum atomic E-state index is 6.18. The SMILES string of the molecule is CC(C)(C)COC(n1nnc2ccccc21)C(C)(C)C. The molecule has 110 valence electrons. The van der Waals surface area contributed by atoms with Crippen LogP contribution in [-0.2, 0) is 4.74 Å². The van der Waals surface area contributed by atoms with Crippen LogP contribution < -0.4 is 0 Å². The zero-order valence-electron chi connectivity index (χ0n) is 13.3. The highest BCUT2D eigenvalue weighted by atomic mass is 16.5. The molecule has 0 radical (unpaired) electrons. The van der Waals surface area contributed by atoms with Crippen molar-refractivity contribution in [3.05, 3.63) is 24.3 Å². The second kappa shape index (κ2) is 5.17. The van der Waals surface area contributed by atoms with Crippen LogP contribution in [0.3, 0.4) is 0 Å². The Bertz CT molecular complexity index is 575. The van der Waals surface area contributed by atoms with E-state index >= 15 is 0 Å². The van der Waals surface area contributed by atoms with Crippen molar-refractivity contribution in [1.82, 2.24) is 15.0 Å². The summed E-state index contributed by atoms with van der Waals surface area (Å²) < 4.78 is 8.09. The summed E-state index contributed by atoms with van der Waals surface area (Å²) in [4.78, 5) is 0. The van der Waals surface area contributed by atoms with Gasteiger partial charge in [-0.25, -0.2) is 4.68 Å². The number of rotatable bonds is 3. The van der Waals surface area contributed by atoms with E-state index < -0.39 is 0 Å². The van der Waals surface area contributed by atoms with E-state index in [2.05, 4.69) is 51.9 Å². The number of nitrogens with zero attached hydrogens (tertiary/aromatic N) is 3. The monoisotopic (exact) mass is 275 g/mol. The standard InChI is InChI=1S/C16H25N3O/c1-15(2,3)11-20-14(16(4,5)6)19-13-10-8-7-9-12(13)17-18-19/h7-10,14H,11H2,1-6H3. The topological polar surface area (TPSA) is 39.9 Å². The minimum Gasteiger partial charge on any atom is -0.355 e. The molecule has 0 fully saturated rings. The van der Waals surface area contributed by atoms with Crippen molar-refractivity contribution in [2.45, 2.75) is 47.8 Å². The second-order valence-electron chi connectivity index (χ2n) is 7.61. The first-order valence-electron chi connectivity index (χ1n) is 7.10. The summed E-state index contributed by atoms with van der Waals surface area (Å²) >= 11 is 0. The van der Waals surface area contributed by atoms with E-state index in [1.165, 1.54) is 0 Å². The Kier molecular flexibility index (Phi) is 3.87. The highest BCUT2D eigenvalue weighted by Gasteiger charge is 2.30. The van der Waals surface area contributed by atoms with Crippen LogP contribution in [0.4, 0.5) is 0 Å². The van der Waals surface area contributed by atoms with E-state index in [0.717, 1.165) is 11.0 Å². The molecule has 0 aliphatic rings. The molecule has 4 nitrogen and oxygen atoms in total. The van der Waals surface area contributed by atoms with Gasteiger partial charge in [-0.2, -0.15) is 0 Å². The van der Waals surface area contributed by atoms with Crippen molar-refractivity contribution in [2.24, 2.45) is 10.8 Å². The van der Waals surface area contributed by atoms with Gasteiger partial charge in [-0.1, -0.05) is 58.9 Å². The van der Waals surface area contributed by atoms with Crippen LogP contribution in [0.25, 0.3) is 11.0 Å². The van der Waals surface area contributed by atoms with Crippen LogP contribution >= 0.6 is 0 Å². The lowest BCUT2D eigenvalue weighted by molar-refractivity contribution is -0.0973. The molecule has 1 unspecified atom stereocenters. The first-order chi connectivity index (χ1) is 9.18. The number of hydrogen-bond acceptors (Lipinski definition) is 3. The molecule has 1 aromatic carbocycles. The summed E-state index contributed by atoms with van der Waals surface area (Å²) in [5.74, 6) is 0. The number of fused-ring (bicyclic) bond motifs is 1. The van der Waals surface area contributed by atoms with E-state index in [9.17, 15) is 0 Å². The van der Waals surface area contributed by atoms with Crippen molar-refractivity contribution in [2.75, 3.05) is 6.61 Å². The van der Waals surface area contributed by atoms with Crippen molar-refractivity contribution in [3.63, 3.8) is 0 Å². The predicted octanol–water partition coefficient (Wildman–Crippen LogP) is 4.04. The average Bonchev–Trinajstić information content (AvgIpc) is 2.70. The van der Waals surface area contributed by atoms with Crippen molar-refractivity contribution in [1.29, 1.82) is 0 Å². The zero-order chi connectivity index (χ0) is 15.0. The fraction of sp³-hybridized carbons (Fsp3) is 0.625. The highest BCUT2D eigenvalue weighted by molar-refractivity contribution is 5.73. The predicted molar refractivity (Wildman–Crippen MR) is 81.4 cm³/mol. The molecule has 1 heterocycles. The summed E-state index contributed by atoms with van der Waals surface area (Å²) in [6, 6.07) is 7.99. The van der Waals surface area contributed by atoms with Gasteiger partial charge in [0.05, 0.1) is 12.1 Å². The Hall–Kier alpha value is -1.42. The van der Waals surface area contributed by atoms with Crippen molar-refractivity contribution in [3.8, 4) is 0 Å².